The van der Waals surface area contributed by atoms with Gasteiger partial charge in [0.05, 0.1) is 6.10 Å². The third kappa shape index (κ3) is 4.10. The van der Waals surface area contributed by atoms with Crippen LogP contribution in [0.15, 0.2) is 24.4 Å². The summed E-state index contributed by atoms with van der Waals surface area (Å²) in [5.41, 5.74) is 1.13. The van der Waals surface area contributed by atoms with Gasteiger partial charge in [-0.3, -0.25) is 4.98 Å². The zero-order valence-corrected chi connectivity index (χ0v) is 10.3. The molecule has 0 saturated heterocycles. The van der Waals surface area contributed by atoms with Gasteiger partial charge in [-0.25, -0.2) is 0 Å². The van der Waals surface area contributed by atoms with Crippen LogP contribution in [0.3, 0.4) is 0 Å². The van der Waals surface area contributed by atoms with Crippen molar-refractivity contribution < 1.29 is 5.11 Å². The van der Waals surface area contributed by atoms with Crippen LogP contribution < -0.4 is 5.32 Å². The Bertz CT molecular complexity index is 315. The molecule has 0 aliphatic heterocycles. The molecule has 1 aromatic rings. The van der Waals surface area contributed by atoms with E-state index in [1.165, 1.54) is 12.8 Å². The maximum absolute atomic E-state index is 9.83. The molecule has 0 aromatic carbocycles. The summed E-state index contributed by atoms with van der Waals surface area (Å²) in [5.74, 6) is 0.451. The van der Waals surface area contributed by atoms with Gasteiger partial charge in [0.1, 0.15) is 0 Å². The average molecular weight is 234 g/mol. The van der Waals surface area contributed by atoms with Crippen molar-refractivity contribution in [1.29, 1.82) is 0 Å². The monoisotopic (exact) mass is 234 g/mol. The molecule has 3 nitrogen and oxygen atoms in total. The molecule has 2 atom stereocenters. The maximum Gasteiger partial charge on any atom is 0.0580 e. The highest BCUT2D eigenvalue weighted by atomic mass is 16.3. The molecule has 1 fully saturated rings. The zero-order valence-electron chi connectivity index (χ0n) is 10.3. The van der Waals surface area contributed by atoms with Crippen molar-refractivity contribution in [2.45, 2.75) is 38.2 Å². The summed E-state index contributed by atoms with van der Waals surface area (Å²) in [6, 6.07) is 6.01. The maximum atomic E-state index is 9.83. The van der Waals surface area contributed by atoms with Crippen LogP contribution in [0.1, 0.15) is 31.4 Å². The first-order valence-corrected chi connectivity index (χ1v) is 6.65. The Balaban J connectivity index is 1.63. The Kier molecular flexibility index (Phi) is 4.95. The first-order valence-electron chi connectivity index (χ1n) is 6.65. The Morgan fingerprint density at radius 2 is 2.18 bits per heavy atom. The first kappa shape index (κ1) is 12.5. The van der Waals surface area contributed by atoms with E-state index in [0.29, 0.717) is 5.92 Å². The summed E-state index contributed by atoms with van der Waals surface area (Å²) in [4.78, 5) is 4.29. The summed E-state index contributed by atoms with van der Waals surface area (Å²) in [6.45, 7) is 1.88. The van der Waals surface area contributed by atoms with Crippen LogP contribution in [0.25, 0.3) is 0 Å². The Labute approximate surface area is 103 Å². The highest BCUT2D eigenvalue weighted by Gasteiger charge is 2.22. The Morgan fingerprint density at radius 1 is 1.29 bits per heavy atom. The molecule has 1 aliphatic carbocycles. The summed E-state index contributed by atoms with van der Waals surface area (Å²) in [5, 5.41) is 13.3. The fraction of sp³-hybridized carbons (Fsp3) is 0.643. The van der Waals surface area contributed by atoms with E-state index in [2.05, 4.69) is 16.4 Å². The summed E-state index contributed by atoms with van der Waals surface area (Å²) in [6.07, 6.45) is 7.30. The molecule has 0 spiro atoms. The molecule has 1 aliphatic rings. The Hall–Kier alpha value is -0.930. The summed E-state index contributed by atoms with van der Waals surface area (Å²) >= 11 is 0. The van der Waals surface area contributed by atoms with Crippen molar-refractivity contribution in [2.24, 2.45) is 5.92 Å². The standard InChI is InChI=1S/C14H22N2O/c17-14-7-2-1-5-12(14)11-15-10-8-13-6-3-4-9-16-13/h3-4,6,9,12,14-15,17H,1-2,5,7-8,10-11H2. The van der Waals surface area contributed by atoms with E-state index < -0.39 is 0 Å². The number of hydrogen-bond donors (Lipinski definition) is 2. The molecule has 94 valence electrons. The quantitative estimate of drug-likeness (QED) is 0.763. The molecule has 0 amide bonds. The van der Waals surface area contributed by atoms with Crippen molar-refractivity contribution in [3.63, 3.8) is 0 Å². The Morgan fingerprint density at radius 3 is 2.94 bits per heavy atom. The second-order valence-electron chi connectivity index (χ2n) is 4.89. The molecule has 1 heterocycles. The number of aromatic nitrogens is 1. The SMILES string of the molecule is OC1CCCCC1CNCCc1ccccn1. The fourth-order valence-corrected chi connectivity index (χ4v) is 2.48. The van der Waals surface area contributed by atoms with Gasteiger partial charge in [-0.05, 0) is 30.9 Å². The van der Waals surface area contributed by atoms with Crippen LogP contribution in [0, 0.1) is 5.92 Å². The molecular weight excluding hydrogens is 212 g/mol. The largest absolute Gasteiger partial charge is 0.393 e. The van der Waals surface area contributed by atoms with Gasteiger partial charge in [-0.1, -0.05) is 18.9 Å². The minimum absolute atomic E-state index is 0.0916. The highest BCUT2D eigenvalue weighted by Crippen LogP contribution is 2.23. The second kappa shape index (κ2) is 6.72. The normalized spacial score (nSPS) is 24.8. The number of rotatable bonds is 5. The lowest BCUT2D eigenvalue weighted by Gasteiger charge is -2.27. The molecular formula is C14H22N2O. The van der Waals surface area contributed by atoms with Gasteiger partial charge in [0.25, 0.3) is 0 Å². The van der Waals surface area contributed by atoms with Gasteiger partial charge in [0.2, 0.25) is 0 Å². The smallest absolute Gasteiger partial charge is 0.0580 e. The third-order valence-electron chi connectivity index (χ3n) is 3.56. The summed E-state index contributed by atoms with van der Waals surface area (Å²) < 4.78 is 0. The van der Waals surface area contributed by atoms with Gasteiger partial charge in [-0.15, -0.1) is 0 Å². The van der Waals surface area contributed by atoms with Gasteiger partial charge < -0.3 is 10.4 Å². The highest BCUT2D eigenvalue weighted by molar-refractivity contribution is 5.03. The van der Waals surface area contributed by atoms with Gasteiger partial charge in [-0.2, -0.15) is 0 Å². The van der Waals surface area contributed by atoms with Crippen LogP contribution in [0.4, 0.5) is 0 Å². The molecule has 1 aromatic heterocycles. The predicted molar refractivity (Wildman–Crippen MR) is 68.8 cm³/mol. The zero-order chi connectivity index (χ0) is 11.9. The lowest BCUT2D eigenvalue weighted by Crippen LogP contribution is -2.34. The number of nitrogens with zero attached hydrogens (tertiary/aromatic N) is 1. The molecule has 0 bridgehead atoms. The molecule has 2 N–H and O–H groups in total. The van der Waals surface area contributed by atoms with E-state index in [-0.39, 0.29) is 6.10 Å². The molecule has 2 unspecified atom stereocenters. The number of pyridine rings is 1. The number of nitrogens with one attached hydrogen (secondary N) is 1. The van der Waals surface area contributed by atoms with Crippen molar-refractivity contribution in [3.8, 4) is 0 Å². The molecule has 1 saturated carbocycles. The molecule has 17 heavy (non-hydrogen) atoms. The van der Waals surface area contributed by atoms with Crippen LogP contribution in [-0.4, -0.2) is 29.3 Å². The fourth-order valence-electron chi connectivity index (χ4n) is 2.48. The van der Waals surface area contributed by atoms with E-state index in [1.807, 2.05) is 18.3 Å². The van der Waals surface area contributed by atoms with Crippen molar-refractivity contribution in [2.75, 3.05) is 13.1 Å². The minimum atomic E-state index is -0.0916. The number of hydrogen-bond acceptors (Lipinski definition) is 3. The predicted octanol–water partition coefficient (Wildman–Crippen LogP) is 1.76. The molecule has 0 radical (unpaired) electrons. The summed E-state index contributed by atoms with van der Waals surface area (Å²) in [7, 11) is 0. The van der Waals surface area contributed by atoms with Crippen molar-refractivity contribution in [3.05, 3.63) is 30.1 Å². The van der Waals surface area contributed by atoms with Crippen LogP contribution in [0.2, 0.25) is 0 Å². The van der Waals surface area contributed by atoms with Gasteiger partial charge >= 0.3 is 0 Å². The molecule has 3 heteroatoms. The minimum Gasteiger partial charge on any atom is -0.393 e. The lowest BCUT2D eigenvalue weighted by atomic mass is 9.86. The number of aliphatic hydroxyl groups is 1. The lowest BCUT2D eigenvalue weighted by molar-refractivity contribution is 0.0698. The van der Waals surface area contributed by atoms with E-state index in [4.69, 9.17) is 0 Å². The number of aliphatic hydroxyl groups excluding tert-OH is 1. The molecule has 2 rings (SSSR count). The van der Waals surface area contributed by atoms with Crippen LogP contribution >= 0.6 is 0 Å². The topological polar surface area (TPSA) is 45.1 Å². The van der Waals surface area contributed by atoms with E-state index in [1.54, 1.807) is 0 Å². The first-order chi connectivity index (χ1) is 8.36. The average Bonchev–Trinajstić information content (AvgIpc) is 2.38. The van der Waals surface area contributed by atoms with Gasteiger partial charge in [0.15, 0.2) is 0 Å². The third-order valence-corrected chi connectivity index (χ3v) is 3.56. The van der Waals surface area contributed by atoms with Crippen LogP contribution in [0.5, 0.6) is 0 Å². The van der Waals surface area contributed by atoms with E-state index in [0.717, 1.165) is 38.0 Å². The van der Waals surface area contributed by atoms with E-state index >= 15 is 0 Å². The van der Waals surface area contributed by atoms with Crippen molar-refractivity contribution >= 4 is 0 Å². The second-order valence-corrected chi connectivity index (χ2v) is 4.89. The van der Waals surface area contributed by atoms with Crippen molar-refractivity contribution in [1.82, 2.24) is 10.3 Å². The van der Waals surface area contributed by atoms with E-state index in [9.17, 15) is 5.11 Å². The van der Waals surface area contributed by atoms with Gasteiger partial charge in [0, 0.05) is 31.4 Å². The van der Waals surface area contributed by atoms with Crippen LogP contribution in [-0.2, 0) is 6.42 Å².